The molecule has 0 saturated carbocycles. The lowest BCUT2D eigenvalue weighted by Gasteiger charge is -2.27. The molecule has 23 nitrogen and oxygen atoms in total. The number of benzene rings is 3. The van der Waals surface area contributed by atoms with Crippen LogP contribution in [-0.2, 0) is 56.0 Å². The first kappa shape index (κ1) is 54.9. The molecule has 2 saturated heterocycles. The standard InChI is InChI=1S/C51H57ClFN11O12/c52-37-26-33(9-10-38(37)53)56-48-36-27-41(58-44(65)8-5-15-62-13-2-1-3-14-62)43(28-40(36)54-32-55-48)76-30-34-29-63(61-60-34)16-17-71-18-19-72-20-21-73-22-23-74-24-25-75-31-46(67)57-39-7-4-6-35-47(39)51(70)64(50(35)69)42-11-12-45(66)59-49(42)68/h4-10,26-29,32,42H,1-3,11-25,30-31H2,(H,57,67)(H,58,65)(H,54,55,56)(H,59,66,68)/b8-5+. The van der Waals surface area contributed by atoms with Crippen LogP contribution in [0.1, 0.15) is 58.5 Å². The van der Waals surface area contributed by atoms with Crippen molar-refractivity contribution in [3.8, 4) is 5.75 Å². The zero-order valence-electron chi connectivity index (χ0n) is 41.4. The number of anilines is 4. The maximum Gasteiger partial charge on any atom is 0.264 e. The van der Waals surface area contributed by atoms with Crippen LogP contribution in [0, 0.1) is 5.82 Å². The van der Waals surface area contributed by atoms with Gasteiger partial charge in [-0.2, -0.15) is 0 Å². The minimum Gasteiger partial charge on any atom is -0.485 e. The van der Waals surface area contributed by atoms with Crippen LogP contribution in [0.15, 0.2) is 73.2 Å². The quantitative estimate of drug-likeness (QED) is 0.0306. The molecule has 3 aliphatic rings. The fraction of sp³-hybridized carbons (Fsp3) is 0.412. The van der Waals surface area contributed by atoms with Crippen LogP contribution < -0.4 is 26.0 Å². The van der Waals surface area contributed by atoms with E-state index in [2.05, 4.69) is 46.4 Å². The van der Waals surface area contributed by atoms with Crippen LogP contribution >= 0.6 is 11.6 Å². The molecule has 5 aromatic rings. The highest BCUT2D eigenvalue weighted by molar-refractivity contribution is 6.31. The Morgan fingerprint density at radius 1 is 0.829 bits per heavy atom. The van der Waals surface area contributed by atoms with Crippen molar-refractivity contribution >= 4 is 80.8 Å². The Bertz CT molecular complexity index is 2920. The maximum absolute atomic E-state index is 13.9. The number of nitrogens with one attached hydrogen (secondary N) is 4. The minimum absolute atomic E-state index is 0.00626. The fourth-order valence-corrected chi connectivity index (χ4v) is 8.59. The lowest BCUT2D eigenvalue weighted by Crippen LogP contribution is -2.54. The van der Waals surface area contributed by atoms with Crippen LogP contribution in [0.2, 0.25) is 5.02 Å². The van der Waals surface area contributed by atoms with Gasteiger partial charge < -0.3 is 44.4 Å². The Kier molecular flexibility index (Phi) is 19.8. The van der Waals surface area contributed by atoms with Gasteiger partial charge in [0.15, 0.2) is 0 Å². The zero-order chi connectivity index (χ0) is 53.2. The van der Waals surface area contributed by atoms with E-state index in [-0.39, 0.29) is 73.6 Å². The first-order valence-electron chi connectivity index (χ1n) is 24.8. The molecule has 0 aliphatic carbocycles. The number of carbonyl (C=O) groups is 6. The SMILES string of the molecule is O=C(/C=C/CN1CCCCC1)Nc1cc2c(Nc3ccc(F)c(Cl)c3)ncnc2cc1OCc1cn(CCOCCOCCOCCOCCOCC(=O)Nc2cccc3c2C(=O)N(C2CCC(=O)NC2=O)C3=O)nn1. The first-order chi connectivity index (χ1) is 37.0. The molecule has 2 fully saturated rings. The lowest BCUT2D eigenvalue weighted by molar-refractivity contribution is -0.136. The number of nitrogens with zero attached hydrogens (tertiary/aromatic N) is 7. The summed E-state index contributed by atoms with van der Waals surface area (Å²) in [6, 6.07) is 11.0. The fourth-order valence-electron chi connectivity index (χ4n) is 8.41. The Morgan fingerprint density at radius 3 is 2.30 bits per heavy atom. The largest absolute Gasteiger partial charge is 0.485 e. The topological polar surface area (TPSA) is 269 Å². The summed E-state index contributed by atoms with van der Waals surface area (Å²) in [7, 11) is 0. The number of piperidine rings is 2. The number of rotatable bonds is 28. The van der Waals surface area contributed by atoms with Crippen molar-refractivity contribution in [1.82, 2.24) is 40.1 Å². The molecule has 402 valence electrons. The van der Waals surface area contributed by atoms with Gasteiger partial charge in [0.1, 0.15) is 48.7 Å². The summed E-state index contributed by atoms with van der Waals surface area (Å²) in [5, 5.41) is 19.8. The Morgan fingerprint density at radius 2 is 1.57 bits per heavy atom. The molecule has 0 radical (unpaired) electrons. The van der Waals surface area contributed by atoms with E-state index in [0.717, 1.165) is 30.8 Å². The van der Waals surface area contributed by atoms with E-state index in [4.69, 9.17) is 40.0 Å². The molecule has 4 N–H and O–H groups in total. The number of fused-ring (bicyclic) bond motifs is 2. The molecule has 2 aromatic heterocycles. The van der Waals surface area contributed by atoms with Crippen molar-refractivity contribution in [2.45, 2.75) is 51.3 Å². The predicted molar refractivity (Wildman–Crippen MR) is 272 cm³/mol. The molecule has 8 rings (SSSR count). The van der Waals surface area contributed by atoms with E-state index >= 15 is 0 Å². The van der Waals surface area contributed by atoms with Crippen molar-refractivity contribution in [2.75, 3.05) is 102 Å². The second-order valence-corrected chi connectivity index (χ2v) is 18.0. The van der Waals surface area contributed by atoms with Crippen molar-refractivity contribution in [3.05, 3.63) is 101 Å². The second-order valence-electron chi connectivity index (χ2n) is 17.6. The van der Waals surface area contributed by atoms with Crippen molar-refractivity contribution < 1.29 is 61.6 Å². The van der Waals surface area contributed by atoms with Crippen LogP contribution in [0.5, 0.6) is 5.75 Å². The number of amides is 6. The molecule has 3 aromatic carbocycles. The Labute approximate surface area is 440 Å². The van der Waals surface area contributed by atoms with Gasteiger partial charge in [-0.25, -0.2) is 19.0 Å². The number of aromatic nitrogens is 5. The summed E-state index contributed by atoms with van der Waals surface area (Å²) >= 11 is 6.02. The van der Waals surface area contributed by atoms with Crippen LogP contribution in [0.3, 0.4) is 0 Å². The van der Waals surface area contributed by atoms with Crippen LogP contribution in [0.25, 0.3) is 10.9 Å². The zero-order valence-corrected chi connectivity index (χ0v) is 42.2. The number of carbonyl (C=O) groups excluding carboxylic acids is 6. The van der Waals surface area contributed by atoms with Gasteiger partial charge in [-0.1, -0.05) is 35.4 Å². The summed E-state index contributed by atoms with van der Waals surface area (Å²) in [5.74, 6) is -3.29. The molecule has 6 amide bonds. The van der Waals surface area contributed by atoms with Gasteiger partial charge in [0, 0.05) is 36.2 Å². The van der Waals surface area contributed by atoms with E-state index in [1.807, 2.05) is 6.08 Å². The molecule has 5 heterocycles. The lowest BCUT2D eigenvalue weighted by atomic mass is 10.0. The van der Waals surface area contributed by atoms with E-state index < -0.39 is 41.4 Å². The average molecular weight is 1070 g/mol. The van der Waals surface area contributed by atoms with Gasteiger partial charge in [0.25, 0.3) is 11.8 Å². The van der Waals surface area contributed by atoms with Crippen LogP contribution in [0.4, 0.5) is 27.3 Å². The number of hydrogen-bond acceptors (Lipinski definition) is 18. The first-order valence-corrected chi connectivity index (χ1v) is 25.1. The third-order valence-corrected chi connectivity index (χ3v) is 12.4. The highest BCUT2D eigenvalue weighted by Crippen LogP contribution is 2.35. The summed E-state index contributed by atoms with van der Waals surface area (Å²) in [5.41, 5.74) is 2.07. The number of hydrogen-bond donors (Lipinski definition) is 4. The van der Waals surface area contributed by atoms with Crippen LogP contribution in [-0.4, -0.2) is 162 Å². The summed E-state index contributed by atoms with van der Waals surface area (Å²) in [6.45, 7) is 5.46. The predicted octanol–water partition coefficient (Wildman–Crippen LogP) is 4.44. The second kappa shape index (κ2) is 27.5. The summed E-state index contributed by atoms with van der Waals surface area (Å²) in [6.07, 6.45) is 10.0. The summed E-state index contributed by atoms with van der Waals surface area (Å²) in [4.78, 5) is 88.0. The molecule has 25 heteroatoms. The highest BCUT2D eigenvalue weighted by atomic mass is 35.5. The normalized spacial score (nSPS) is 15.9. The molecule has 3 aliphatic heterocycles. The molecular weight excluding hydrogens is 1010 g/mol. The molecule has 1 atom stereocenters. The van der Waals surface area contributed by atoms with Gasteiger partial charge in [-0.05, 0) is 68.8 Å². The molecular formula is C51H57ClFN11O12. The van der Waals surface area contributed by atoms with Gasteiger partial charge in [-0.15, -0.1) is 5.10 Å². The van der Waals surface area contributed by atoms with E-state index in [9.17, 15) is 33.2 Å². The third-order valence-electron chi connectivity index (χ3n) is 12.1. The molecule has 1 unspecified atom stereocenters. The Hall–Kier alpha value is -7.32. The molecule has 0 bridgehead atoms. The van der Waals surface area contributed by atoms with Crippen molar-refractivity contribution in [3.63, 3.8) is 0 Å². The number of likely N-dealkylation sites (tertiary alicyclic amines) is 1. The van der Waals surface area contributed by atoms with E-state index in [0.29, 0.717) is 92.3 Å². The number of imide groups is 2. The smallest absolute Gasteiger partial charge is 0.264 e. The van der Waals surface area contributed by atoms with E-state index in [1.165, 1.54) is 55.2 Å². The van der Waals surface area contributed by atoms with Gasteiger partial charge >= 0.3 is 0 Å². The molecule has 0 spiro atoms. The minimum atomic E-state index is -1.12. The van der Waals surface area contributed by atoms with E-state index in [1.54, 1.807) is 23.0 Å². The van der Waals surface area contributed by atoms with Gasteiger partial charge in [0.2, 0.25) is 23.6 Å². The maximum atomic E-state index is 13.9. The average Bonchev–Trinajstić information content (AvgIpc) is 4.00. The Balaban J connectivity index is 0.681. The third kappa shape index (κ3) is 15.2. The molecule has 76 heavy (non-hydrogen) atoms. The monoisotopic (exact) mass is 1070 g/mol. The highest BCUT2D eigenvalue weighted by Gasteiger charge is 2.45. The summed E-state index contributed by atoms with van der Waals surface area (Å²) < 4.78 is 49.4. The number of ether oxygens (including phenoxy) is 6. The van der Waals surface area contributed by atoms with Gasteiger partial charge in [-0.3, -0.25) is 43.9 Å². The van der Waals surface area contributed by atoms with Crippen molar-refractivity contribution in [2.24, 2.45) is 0 Å². The van der Waals surface area contributed by atoms with Crippen molar-refractivity contribution in [1.29, 1.82) is 0 Å². The van der Waals surface area contributed by atoms with Gasteiger partial charge in [0.05, 0.1) is 105 Å². The number of halogens is 2.